The fourth-order valence-corrected chi connectivity index (χ4v) is 4.37. The van der Waals surface area contributed by atoms with Gasteiger partial charge in [0.25, 0.3) is 0 Å². The fraction of sp³-hybridized carbons (Fsp3) is 0.750. The molecule has 6 heteroatoms. The van der Waals surface area contributed by atoms with Crippen LogP contribution in [0.2, 0.25) is 0 Å². The number of nitrogens with zero attached hydrogens (tertiary/aromatic N) is 2. The van der Waals surface area contributed by atoms with E-state index in [1.165, 1.54) is 16.9 Å². The molecule has 5 nitrogen and oxygen atoms in total. The number of rotatable bonds is 3. The van der Waals surface area contributed by atoms with Crippen molar-refractivity contribution in [3.05, 3.63) is 11.9 Å². The summed E-state index contributed by atoms with van der Waals surface area (Å²) in [5, 5.41) is 6.49. The van der Waals surface area contributed by atoms with Crippen molar-refractivity contribution in [1.29, 1.82) is 0 Å². The van der Waals surface area contributed by atoms with Crippen molar-refractivity contribution in [2.75, 3.05) is 7.05 Å². The highest BCUT2D eigenvalue weighted by Crippen LogP contribution is 2.30. The first-order chi connectivity index (χ1) is 8.44. The standard InChI is InChI=1S/C12H21N3O2S/c1-9-6-4-5-7-11(9)15(3)18(16,17)12-8-13-14-10(12)2/h8-9,11H,4-7H2,1-3H3,(H,13,14). The first-order valence-corrected chi connectivity index (χ1v) is 7.86. The third-order valence-corrected chi connectivity index (χ3v) is 5.97. The van der Waals surface area contributed by atoms with Crippen LogP contribution in [0.5, 0.6) is 0 Å². The monoisotopic (exact) mass is 271 g/mol. The van der Waals surface area contributed by atoms with E-state index in [1.807, 2.05) is 0 Å². The zero-order valence-corrected chi connectivity index (χ0v) is 12.0. The molecule has 1 saturated carbocycles. The van der Waals surface area contributed by atoms with Crippen LogP contribution in [0.25, 0.3) is 0 Å². The molecule has 0 spiro atoms. The van der Waals surface area contributed by atoms with E-state index >= 15 is 0 Å². The topological polar surface area (TPSA) is 66.1 Å². The van der Waals surface area contributed by atoms with Gasteiger partial charge in [-0.15, -0.1) is 0 Å². The largest absolute Gasteiger partial charge is 0.281 e. The summed E-state index contributed by atoms with van der Waals surface area (Å²) in [6.07, 6.45) is 5.77. The smallest absolute Gasteiger partial charge is 0.246 e. The van der Waals surface area contributed by atoms with Gasteiger partial charge in [-0.05, 0) is 25.7 Å². The minimum atomic E-state index is -3.42. The van der Waals surface area contributed by atoms with Crippen LogP contribution in [0.3, 0.4) is 0 Å². The number of sulfonamides is 1. The highest BCUT2D eigenvalue weighted by molar-refractivity contribution is 7.89. The summed E-state index contributed by atoms with van der Waals surface area (Å²) >= 11 is 0. The van der Waals surface area contributed by atoms with Gasteiger partial charge >= 0.3 is 0 Å². The molecule has 0 aromatic carbocycles. The van der Waals surface area contributed by atoms with Crippen molar-refractivity contribution in [2.45, 2.75) is 50.5 Å². The number of aromatic nitrogens is 2. The molecule has 1 N–H and O–H groups in total. The Hall–Kier alpha value is -0.880. The summed E-state index contributed by atoms with van der Waals surface area (Å²) in [7, 11) is -1.73. The van der Waals surface area contributed by atoms with Gasteiger partial charge in [0.2, 0.25) is 10.0 Å². The third kappa shape index (κ3) is 2.31. The van der Waals surface area contributed by atoms with Crippen LogP contribution in [-0.2, 0) is 10.0 Å². The van der Waals surface area contributed by atoms with Crippen LogP contribution in [0.4, 0.5) is 0 Å². The Labute approximate surface area is 109 Å². The Morgan fingerprint density at radius 3 is 2.61 bits per heavy atom. The highest BCUT2D eigenvalue weighted by atomic mass is 32.2. The lowest BCUT2D eigenvalue weighted by molar-refractivity contribution is 0.213. The first-order valence-electron chi connectivity index (χ1n) is 6.42. The molecule has 0 radical (unpaired) electrons. The van der Waals surface area contributed by atoms with Crippen LogP contribution in [0.15, 0.2) is 11.1 Å². The van der Waals surface area contributed by atoms with Crippen LogP contribution < -0.4 is 0 Å². The number of H-pyrrole nitrogens is 1. The Balaban J connectivity index is 2.27. The SMILES string of the molecule is Cc1[nH]ncc1S(=O)(=O)N(C)C1CCCCC1C. The van der Waals surface area contributed by atoms with E-state index < -0.39 is 10.0 Å². The minimum absolute atomic E-state index is 0.109. The van der Waals surface area contributed by atoms with Crippen molar-refractivity contribution >= 4 is 10.0 Å². The van der Waals surface area contributed by atoms with E-state index in [9.17, 15) is 8.42 Å². The first kappa shape index (κ1) is 13.5. The van der Waals surface area contributed by atoms with Gasteiger partial charge in [-0.1, -0.05) is 19.8 Å². The van der Waals surface area contributed by atoms with Crippen molar-refractivity contribution in [3.63, 3.8) is 0 Å². The fourth-order valence-electron chi connectivity index (χ4n) is 2.77. The van der Waals surface area contributed by atoms with E-state index in [0.29, 0.717) is 16.5 Å². The van der Waals surface area contributed by atoms with Gasteiger partial charge in [0.1, 0.15) is 4.90 Å². The van der Waals surface area contributed by atoms with Crippen molar-refractivity contribution < 1.29 is 8.42 Å². The number of aromatic amines is 1. The summed E-state index contributed by atoms with van der Waals surface area (Å²) in [6, 6.07) is 0.109. The summed E-state index contributed by atoms with van der Waals surface area (Å²) < 4.78 is 26.6. The summed E-state index contributed by atoms with van der Waals surface area (Å²) in [4.78, 5) is 0.294. The molecule has 0 saturated heterocycles. The van der Waals surface area contributed by atoms with E-state index in [-0.39, 0.29) is 6.04 Å². The summed E-state index contributed by atoms with van der Waals surface area (Å²) in [5.41, 5.74) is 0.602. The zero-order chi connectivity index (χ0) is 13.3. The summed E-state index contributed by atoms with van der Waals surface area (Å²) in [5.74, 6) is 0.422. The number of aryl methyl sites for hydroxylation is 1. The van der Waals surface area contributed by atoms with Gasteiger partial charge < -0.3 is 0 Å². The zero-order valence-electron chi connectivity index (χ0n) is 11.2. The molecule has 2 atom stereocenters. The Morgan fingerprint density at radius 1 is 1.39 bits per heavy atom. The van der Waals surface area contributed by atoms with Crippen LogP contribution >= 0.6 is 0 Å². The van der Waals surface area contributed by atoms with Crippen molar-refractivity contribution in [1.82, 2.24) is 14.5 Å². The number of hydrogen-bond donors (Lipinski definition) is 1. The van der Waals surface area contributed by atoms with Gasteiger partial charge in [-0.3, -0.25) is 5.10 Å². The second-order valence-electron chi connectivity index (χ2n) is 5.21. The highest BCUT2D eigenvalue weighted by Gasteiger charge is 2.34. The van der Waals surface area contributed by atoms with Gasteiger partial charge in [0, 0.05) is 13.1 Å². The quantitative estimate of drug-likeness (QED) is 0.913. The average Bonchev–Trinajstić information content (AvgIpc) is 2.76. The number of hydrogen-bond acceptors (Lipinski definition) is 3. The maximum absolute atomic E-state index is 12.5. The van der Waals surface area contributed by atoms with E-state index in [0.717, 1.165) is 19.3 Å². The predicted octanol–water partition coefficient (Wildman–Crippen LogP) is 1.92. The normalized spacial score (nSPS) is 25.6. The van der Waals surface area contributed by atoms with Gasteiger partial charge in [-0.2, -0.15) is 9.40 Å². The molecule has 1 aliphatic rings. The molecule has 1 heterocycles. The lowest BCUT2D eigenvalue weighted by atomic mass is 9.86. The van der Waals surface area contributed by atoms with Crippen molar-refractivity contribution in [2.24, 2.45) is 5.92 Å². The molecule has 0 aliphatic heterocycles. The molecular weight excluding hydrogens is 250 g/mol. The molecule has 1 aromatic heterocycles. The molecule has 1 fully saturated rings. The molecule has 18 heavy (non-hydrogen) atoms. The molecule has 2 unspecified atom stereocenters. The Kier molecular flexibility index (Phi) is 3.77. The van der Waals surface area contributed by atoms with Crippen molar-refractivity contribution in [3.8, 4) is 0 Å². The summed E-state index contributed by atoms with van der Waals surface area (Å²) in [6.45, 7) is 3.87. The maximum Gasteiger partial charge on any atom is 0.246 e. The lowest BCUT2D eigenvalue weighted by Gasteiger charge is -2.35. The molecule has 102 valence electrons. The van der Waals surface area contributed by atoms with Crippen LogP contribution in [0, 0.1) is 12.8 Å². The van der Waals surface area contributed by atoms with E-state index in [2.05, 4.69) is 17.1 Å². The lowest BCUT2D eigenvalue weighted by Crippen LogP contribution is -2.42. The average molecular weight is 271 g/mol. The maximum atomic E-state index is 12.5. The molecule has 0 amide bonds. The number of nitrogens with one attached hydrogen (secondary N) is 1. The van der Waals surface area contributed by atoms with Crippen LogP contribution in [0.1, 0.15) is 38.3 Å². The Bertz CT molecular complexity index is 509. The molecule has 1 aromatic rings. The van der Waals surface area contributed by atoms with Crippen LogP contribution in [-0.4, -0.2) is 36.0 Å². The van der Waals surface area contributed by atoms with E-state index in [1.54, 1.807) is 14.0 Å². The second kappa shape index (κ2) is 5.01. The second-order valence-corrected chi connectivity index (χ2v) is 7.18. The van der Waals surface area contributed by atoms with Gasteiger partial charge in [-0.25, -0.2) is 8.42 Å². The third-order valence-electron chi connectivity index (χ3n) is 3.97. The molecular formula is C12H21N3O2S. The predicted molar refractivity (Wildman–Crippen MR) is 69.7 cm³/mol. The molecule has 0 bridgehead atoms. The molecule has 2 rings (SSSR count). The van der Waals surface area contributed by atoms with E-state index in [4.69, 9.17) is 0 Å². The van der Waals surface area contributed by atoms with Gasteiger partial charge in [0.15, 0.2) is 0 Å². The van der Waals surface area contributed by atoms with Gasteiger partial charge in [0.05, 0.1) is 11.9 Å². The Morgan fingerprint density at radius 2 is 2.06 bits per heavy atom. The molecule has 1 aliphatic carbocycles. The minimum Gasteiger partial charge on any atom is -0.281 e.